The van der Waals surface area contributed by atoms with E-state index in [4.69, 9.17) is 15.2 Å². The van der Waals surface area contributed by atoms with Gasteiger partial charge in [-0.25, -0.2) is 4.79 Å². The first-order valence-electron chi connectivity index (χ1n) is 9.98. The van der Waals surface area contributed by atoms with Crippen molar-refractivity contribution in [3.63, 3.8) is 0 Å². The van der Waals surface area contributed by atoms with E-state index in [9.17, 15) is 14.4 Å². The number of likely N-dealkylation sites (tertiary alicyclic amines) is 1. The maximum Gasteiger partial charge on any atom is 0.409 e. The molecule has 9 heteroatoms. The lowest BCUT2D eigenvalue weighted by Crippen LogP contribution is -2.46. The Hall–Kier alpha value is -2.81. The van der Waals surface area contributed by atoms with Gasteiger partial charge in [0.25, 0.3) is 11.8 Å². The number of morpholine rings is 1. The number of nitrogens with zero attached hydrogens (tertiary/aromatic N) is 2. The van der Waals surface area contributed by atoms with Gasteiger partial charge in [0.1, 0.15) is 0 Å². The molecular weight excluding hydrogens is 376 g/mol. The molecule has 0 saturated carbocycles. The van der Waals surface area contributed by atoms with Crippen LogP contribution in [0.1, 0.15) is 40.5 Å². The molecule has 0 unspecified atom stereocenters. The smallest absolute Gasteiger partial charge is 0.409 e. The van der Waals surface area contributed by atoms with Crippen LogP contribution in [0, 0.1) is 0 Å². The zero-order chi connectivity index (χ0) is 20.8. The lowest BCUT2D eigenvalue weighted by atomic mass is 10.0. The highest BCUT2D eigenvalue weighted by molar-refractivity contribution is 6.02. The van der Waals surface area contributed by atoms with Crippen LogP contribution in [0.5, 0.6) is 0 Å². The zero-order valence-corrected chi connectivity index (χ0v) is 16.7. The number of nitrogens with one attached hydrogen (secondary N) is 1. The minimum absolute atomic E-state index is 0.0396. The Balaban J connectivity index is 1.56. The number of hydrogen-bond acceptors (Lipinski definition) is 6. The number of amides is 3. The van der Waals surface area contributed by atoms with Gasteiger partial charge in [0.2, 0.25) is 0 Å². The van der Waals surface area contributed by atoms with Gasteiger partial charge >= 0.3 is 6.09 Å². The van der Waals surface area contributed by atoms with Crippen LogP contribution in [-0.4, -0.2) is 79.7 Å². The lowest BCUT2D eigenvalue weighted by molar-refractivity contribution is 0.0303. The van der Waals surface area contributed by atoms with Gasteiger partial charge in [-0.05, 0) is 38.0 Å². The van der Waals surface area contributed by atoms with Crippen LogP contribution in [0.15, 0.2) is 18.2 Å². The van der Waals surface area contributed by atoms with Crippen molar-refractivity contribution in [2.45, 2.75) is 25.8 Å². The van der Waals surface area contributed by atoms with E-state index < -0.39 is 0 Å². The molecule has 2 heterocycles. The van der Waals surface area contributed by atoms with Crippen molar-refractivity contribution in [1.82, 2.24) is 15.1 Å². The highest BCUT2D eigenvalue weighted by Crippen LogP contribution is 2.18. The molecule has 0 spiro atoms. The van der Waals surface area contributed by atoms with E-state index in [-0.39, 0.29) is 29.6 Å². The van der Waals surface area contributed by atoms with E-state index in [1.54, 1.807) is 34.9 Å². The fourth-order valence-electron chi connectivity index (χ4n) is 3.54. The van der Waals surface area contributed by atoms with Gasteiger partial charge in [0.05, 0.1) is 25.4 Å². The van der Waals surface area contributed by atoms with Crippen LogP contribution in [-0.2, 0) is 9.47 Å². The van der Waals surface area contributed by atoms with Crippen molar-refractivity contribution in [2.24, 2.45) is 0 Å². The van der Waals surface area contributed by atoms with E-state index in [0.717, 1.165) is 0 Å². The largest absolute Gasteiger partial charge is 0.450 e. The zero-order valence-electron chi connectivity index (χ0n) is 16.7. The molecule has 9 nitrogen and oxygen atoms in total. The van der Waals surface area contributed by atoms with Gasteiger partial charge in [0, 0.05) is 43.5 Å². The van der Waals surface area contributed by atoms with Crippen LogP contribution in [0.4, 0.5) is 10.5 Å². The van der Waals surface area contributed by atoms with Crippen molar-refractivity contribution < 1.29 is 23.9 Å². The third-order valence-electron chi connectivity index (χ3n) is 5.20. The highest BCUT2D eigenvalue weighted by Gasteiger charge is 2.26. The molecule has 29 heavy (non-hydrogen) atoms. The maximum absolute atomic E-state index is 12.6. The van der Waals surface area contributed by atoms with E-state index in [1.165, 1.54) is 0 Å². The van der Waals surface area contributed by atoms with Gasteiger partial charge in [0.15, 0.2) is 0 Å². The molecule has 2 saturated heterocycles. The van der Waals surface area contributed by atoms with Crippen LogP contribution in [0.25, 0.3) is 0 Å². The first-order valence-corrected chi connectivity index (χ1v) is 9.98. The number of rotatable bonds is 4. The number of carbonyl (C=O) groups excluding carboxylic acids is 3. The molecule has 2 aliphatic heterocycles. The van der Waals surface area contributed by atoms with Crippen LogP contribution in [0.3, 0.4) is 0 Å². The van der Waals surface area contributed by atoms with Crippen LogP contribution in [0.2, 0.25) is 0 Å². The van der Waals surface area contributed by atoms with Crippen molar-refractivity contribution in [3.8, 4) is 0 Å². The van der Waals surface area contributed by atoms with Gasteiger partial charge in [-0.3, -0.25) is 9.59 Å². The molecule has 3 N–H and O–H groups in total. The number of nitrogen functional groups attached to an aromatic ring is 1. The Morgan fingerprint density at radius 3 is 2.45 bits per heavy atom. The van der Waals surface area contributed by atoms with Gasteiger partial charge in [-0.15, -0.1) is 0 Å². The molecule has 0 aromatic heterocycles. The van der Waals surface area contributed by atoms with E-state index in [2.05, 4.69) is 5.32 Å². The molecule has 1 aromatic carbocycles. The predicted octanol–water partition coefficient (Wildman–Crippen LogP) is 1.09. The number of benzene rings is 1. The molecule has 0 bridgehead atoms. The second kappa shape index (κ2) is 9.60. The molecule has 2 aliphatic rings. The normalized spacial score (nSPS) is 17.7. The number of carbonyl (C=O) groups is 3. The fraction of sp³-hybridized carbons (Fsp3) is 0.550. The van der Waals surface area contributed by atoms with E-state index in [1.807, 2.05) is 0 Å². The summed E-state index contributed by atoms with van der Waals surface area (Å²) in [4.78, 5) is 40.3. The molecule has 0 aliphatic carbocycles. The molecule has 0 radical (unpaired) electrons. The summed E-state index contributed by atoms with van der Waals surface area (Å²) in [5.74, 6) is -0.388. The second-order valence-electron chi connectivity index (χ2n) is 7.14. The van der Waals surface area contributed by atoms with Crippen molar-refractivity contribution in [1.29, 1.82) is 0 Å². The van der Waals surface area contributed by atoms with Crippen LogP contribution >= 0.6 is 0 Å². The number of anilines is 1. The standard InChI is InChI=1S/C20H28N4O5/c1-2-29-20(27)24-7-5-15(6-8-24)22-18(25)16-4-3-14(13-17(16)21)19(26)23-9-11-28-12-10-23/h3-4,13,15H,2,5-12,21H2,1H3,(H,22,25). The summed E-state index contributed by atoms with van der Waals surface area (Å²) in [6.07, 6.45) is 0.984. The Kier molecular flexibility index (Phi) is 6.92. The first-order chi connectivity index (χ1) is 14.0. The number of ether oxygens (including phenoxy) is 2. The summed E-state index contributed by atoms with van der Waals surface area (Å²) in [6.45, 7) is 5.33. The molecule has 3 rings (SSSR count). The third kappa shape index (κ3) is 5.17. The summed E-state index contributed by atoms with van der Waals surface area (Å²) in [5, 5.41) is 2.97. The summed E-state index contributed by atoms with van der Waals surface area (Å²) in [7, 11) is 0. The second-order valence-corrected chi connectivity index (χ2v) is 7.14. The SMILES string of the molecule is CCOC(=O)N1CCC(NC(=O)c2ccc(C(=O)N3CCOCC3)cc2N)CC1. The van der Waals surface area contributed by atoms with Gasteiger partial charge in [-0.1, -0.05) is 0 Å². The number of hydrogen-bond donors (Lipinski definition) is 2. The molecule has 0 atom stereocenters. The molecule has 3 amide bonds. The predicted molar refractivity (Wildman–Crippen MR) is 107 cm³/mol. The minimum atomic E-state index is -0.318. The van der Waals surface area contributed by atoms with E-state index >= 15 is 0 Å². The third-order valence-corrected chi connectivity index (χ3v) is 5.20. The Morgan fingerprint density at radius 2 is 1.83 bits per heavy atom. The topological polar surface area (TPSA) is 114 Å². The fourth-order valence-corrected chi connectivity index (χ4v) is 3.54. The van der Waals surface area contributed by atoms with Crippen molar-refractivity contribution in [2.75, 3.05) is 51.7 Å². The molecule has 2 fully saturated rings. The summed E-state index contributed by atoms with van der Waals surface area (Å²) >= 11 is 0. The van der Waals surface area contributed by atoms with Crippen molar-refractivity contribution >= 4 is 23.6 Å². The summed E-state index contributed by atoms with van der Waals surface area (Å²) in [5.41, 5.74) is 7.14. The molecule has 1 aromatic rings. The Bertz CT molecular complexity index is 755. The summed E-state index contributed by atoms with van der Waals surface area (Å²) < 4.78 is 10.3. The quantitative estimate of drug-likeness (QED) is 0.726. The summed E-state index contributed by atoms with van der Waals surface area (Å²) in [6, 6.07) is 4.73. The average molecular weight is 404 g/mol. The highest BCUT2D eigenvalue weighted by atomic mass is 16.6. The van der Waals surface area contributed by atoms with Gasteiger partial charge < -0.3 is 30.3 Å². The molecular formula is C20H28N4O5. The lowest BCUT2D eigenvalue weighted by Gasteiger charge is -2.31. The van der Waals surface area contributed by atoms with Gasteiger partial charge in [-0.2, -0.15) is 0 Å². The molecule has 158 valence electrons. The monoisotopic (exact) mass is 404 g/mol. The Labute approximate surface area is 170 Å². The van der Waals surface area contributed by atoms with E-state index in [0.29, 0.717) is 70.0 Å². The minimum Gasteiger partial charge on any atom is -0.450 e. The average Bonchev–Trinajstić information content (AvgIpc) is 2.74. The number of piperidine rings is 1. The maximum atomic E-state index is 12.6. The van der Waals surface area contributed by atoms with Crippen LogP contribution < -0.4 is 11.1 Å². The first kappa shape index (κ1) is 20.9. The van der Waals surface area contributed by atoms with Crippen molar-refractivity contribution in [3.05, 3.63) is 29.3 Å². The number of nitrogens with two attached hydrogens (primary N) is 1. The Morgan fingerprint density at radius 1 is 1.14 bits per heavy atom.